The maximum absolute atomic E-state index is 11.4. The maximum atomic E-state index is 11.4. The Balaban J connectivity index is 2.59. The molecule has 3 heteroatoms. The van der Waals surface area contributed by atoms with Crippen LogP contribution < -0.4 is 0 Å². The van der Waals surface area contributed by atoms with Crippen LogP contribution in [-0.2, 0) is 16.0 Å². The van der Waals surface area contributed by atoms with Crippen LogP contribution in [-0.4, -0.2) is 12.1 Å². The van der Waals surface area contributed by atoms with E-state index in [1.165, 1.54) is 6.08 Å². The molecule has 0 aliphatic rings. The summed E-state index contributed by atoms with van der Waals surface area (Å²) in [6.45, 7) is 3.61. The largest absolute Gasteiger partial charge is 0.443 e. The number of rotatable bonds is 4. The molecule has 17 heavy (non-hydrogen) atoms. The first-order chi connectivity index (χ1) is 8.11. The summed E-state index contributed by atoms with van der Waals surface area (Å²) < 4.78 is 5.04. The molecular weight excluding hydrogens is 214 g/mol. The minimum absolute atomic E-state index is 0.416. The fraction of sp³-hybridized carbons (Fsp3) is 0.286. The normalized spacial score (nSPS) is 11.1. The number of hydrogen-bond acceptors (Lipinski definition) is 3. The van der Waals surface area contributed by atoms with E-state index >= 15 is 0 Å². The van der Waals surface area contributed by atoms with Crippen LogP contribution in [0.5, 0.6) is 0 Å². The second-order valence-corrected chi connectivity index (χ2v) is 3.97. The van der Waals surface area contributed by atoms with Crippen LogP contribution in [0.2, 0.25) is 0 Å². The zero-order valence-electron chi connectivity index (χ0n) is 10.0. The number of nitrogens with zero attached hydrogens (tertiary/aromatic N) is 1. The number of carbonyl (C=O) groups is 1. The maximum Gasteiger partial charge on any atom is 0.332 e. The molecule has 0 spiro atoms. The van der Waals surface area contributed by atoms with Crippen LogP contribution >= 0.6 is 0 Å². The SMILES string of the molecule is CC(C)=CC(=O)OC(C#N)Cc1ccccc1. The van der Waals surface area contributed by atoms with Crippen molar-refractivity contribution < 1.29 is 9.53 Å². The van der Waals surface area contributed by atoms with Gasteiger partial charge in [-0.25, -0.2) is 4.79 Å². The lowest BCUT2D eigenvalue weighted by Gasteiger charge is -2.09. The third kappa shape index (κ3) is 4.98. The number of hydrogen-bond donors (Lipinski definition) is 0. The van der Waals surface area contributed by atoms with Gasteiger partial charge >= 0.3 is 5.97 Å². The van der Waals surface area contributed by atoms with Crippen molar-refractivity contribution in [3.8, 4) is 6.07 Å². The summed E-state index contributed by atoms with van der Waals surface area (Å²) in [5.74, 6) is -0.465. The number of carbonyl (C=O) groups excluding carboxylic acids is 1. The molecule has 0 fully saturated rings. The molecule has 0 aliphatic heterocycles. The Morgan fingerprint density at radius 2 is 2.06 bits per heavy atom. The van der Waals surface area contributed by atoms with Gasteiger partial charge in [-0.15, -0.1) is 0 Å². The molecule has 0 saturated heterocycles. The quantitative estimate of drug-likeness (QED) is 0.589. The molecule has 1 aromatic carbocycles. The summed E-state index contributed by atoms with van der Waals surface area (Å²) in [5.41, 5.74) is 1.83. The van der Waals surface area contributed by atoms with Crippen molar-refractivity contribution in [3.63, 3.8) is 0 Å². The summed E-state index contributed by atoms with van der Waals surface area (Å²) in [5, 5.41) is 8.92. The molecule has 0 heterocycles. The molecule has 0 amide bonds. The smallest absolute Gasteiger partial charge is 0.332 e. The second-order valence-electron chi connectivity index (χ2n) is 3.97. The minimum Gasteiger partial charge on any atom is -0.443 e. The predicted octanol–water partition coefficient (Wildman–Crippen LogP) is 2.63. The highest BCUT2D eigenvalue weighted by Crippen LogP contribution is 2.06. The summed E-state index contributed by atoms with van der Waals surface area (Å²) in [6, 6.07) is 11.5. The molecule has 0 saturated carbocycles. The van der Waals surface area contributed by atoms with E-state index in [0.717, 1.165) is 11.1 Å². The fourth-order valence-corrected chi connectivity index (χ4v) is 1.35. The Bertz CT molecular complexity index is 439. The summed E-state index contributed by atoms with van der Waals surface area (Å²) in [4.78, 5) is 11.4. The van der Waals surface area contributed by atoms with E-state index in [4.69, 9.17) is 10.00 Å². The van der Waals surface area contributed by atoms with Gasteiger partial charge in [0, 0.05) is 12.5 Å². The van der Waals surface area contributed by atoms with Crippen LogP contribution in [0.15, 0.2) is 42.0 Å². The number of allylic oxidation sites excluding steroid dienone is 1. The standard InChI is InChI=1S/C14H15NO2/c1-11(2)8-14(16)17-13(10-15)9-12-6-4-3-5-7-12/h3-8,13H,9H2,1-2H3. The Hall–Kier alpha value is -2.08. The molecule has 88 valence electrons. The monoisotopic (exact) mass is 229 g/mol. The van der Waals surface area contributed by atoms with Gasteiger partial charge in [-0.2, -0.15) is 5.26 Å². The van der Waals surface area contributed by atoms with Gasteiger partial charge in [0.15, 0.2) is 6.10 Å². The molecule has 0 N–H and O–H groups in total. The van der Waals surface area contributed by atoms with Crippen LogP contribution in [0.1, 0.15) is 19.4 Å². The topological polar surface area (TPSA) is 50.1 Å². The average molecular weight is 229 g/mol. The van der Waals surface area contributed by atoms with Crippen LogP contribution in [0.4, 0.5) is 0 Å². The van der Waals surface area contributed by atoms with Gasteiger partial charge in [-0.1, -0.05) is 35.9 Å². The van der Waals surface area contributed by atoms with Gasteiger partial charge in [-0.05, 0) is 19.4 Å². The van der Waals surface area contributed by atoms with Gasteiger partial charge in [0.05, 0.1) is 0 Å². The predicted molar refractivity (Wildman–Crippen MR) is 65.1 cm³/mol. The molecule has 1 unspecified atom stereocenters. The third-order valence-electron chi connectivity index (χ3n) is 2.07. The lowest BCUT2D eigenvalue weighted by Crippen LogP contribution is -2.17. The summed E-state index contributed by atoms with van der Waals surface area (Å²) in [7, 11) is 0. The van der Waals surface area contributed by atoms with Crippen molar-refractivity contribution in [2.24, 2.45) is 0 Å². The Morgan fingerprint density at radius 3 is 2.59 bits per heavy atom. The van der Waals surface area contributed by atoms with Crippen LogP contribution in [0.3, 0.4) is 0 Å². The number of ether oxygens (including phenoxy) is 1. The van der Waals surface area contributed by atoms with Crippen LogP contribution in [0.25, 0.3) is 0 Å². The van der Waals surface area contributed by atoms with Crippen molar-refractivity contribution in [3.05, 3.63) is 47.5 Å². The van der Waals surface area contributed by atoms with Crippen molar-refractivity contribution in [2.75, 3.05) is 0 Å². The molecule has 0 aliphatic carbocycles. The van der Waals surface area contributed by atoms with E-state index in [1.807, 2.05) is 36.4 Å². The lowest BCUT2D eigenvalue weighted by molar-refractivity contribution is -0.140. The summed E-state index contributed by atoms with van der Waals surface area (Å²) >= 11 is 0. The fourth-order valence-electron chi connectivity index (χ4n) is 1.35. The zero-order chi connectivity index (χ0) is 12.7. The lowest BCUT2D eigenvalue weighted by atomic mass is 10.1. The van der Waals surface area contributed by atoms with Gasteiger partial charge in [0.1, 0.15) is 6.07 Å². The van der Waals surface area contributed by atoms with Crippen molar-refractivity contribution in [1.29, 1.82) is 5.26 Å². The van der Waals surface area contributed by atoms with Crippen LogP contribution in [0, 0.1) is 11.3 Å². The molecular formula is C14H15NO2. The van der Waals surface area contributed by atoms with Gasteiger partial charge in [0.2, 0.25) is 0 Å². The molecule has 1 rings (SSSR count). The molecule has 0 radical (unpaired) electrons. The highest BCUT2D eigenvalue weighted by atomic mass is 16.5. The molecule has 1 atom stereocenters. The number of benzene rings is 1. The van der Waals surface area contributed by atoms with E-state index in [2.05, 4.69) is 0 Å². The van der Waals surface area contributed by atoms with E-state index in [0.29, 0.717) is 6.42 Å². The van der Waals surface area contributed by atoms with Gasteiger partial charge < -0.3 is 4.74 Å². The average Bonchev–Trinajstić information content (AvgIpc) is 2.28. The molecule has 3 nitrogen and oxygen atoms in total. The molecule has 1 aromatic rings. The number of nitriles is 1. The van der Waals surface area contributed by atoms with Crippen molar-refractivity contribution >= 4 is 5.97 Å². The van der Waals surface area contributed by atoms with Crippen molar-refractivity contribution in [1.82, 2.24) is 0 Å². The first-order valence-corrected chi connectivity index (χ1v) is 5.41. The van der Waals surface area contributed by atoms with Crippen molar-refractivity contribution in [2.45, 2.75) is 26.4 Å². The van der Waals surface area contributed by atoms with E-state index in [1.54, 1.807) is 13.8 Å². The Kier molecular flexibility index (Phi) is 4.96. The highest BCUT2D eigenvalue weighted by molar-refractivity contribution is 5.82. The first kappa shape index (κ1) is 13.0. The van der Waals surface area contributed by atoms with E-state index in [-0.39, 0.29) is 0 Å². The third-order valence-corrected chi connectivity index (χ3v) is 2.07. The molecule has 0 bridgehead atoms. The first-order valence-electron chi connectivity index (χ1n) is 5.41. The van der Waals surface area contributed by atoms with Gasteiger partial charge in [-0.3, -0.25) is 0 Å². The number of esters is 1. The van der Waals surface area contributed by atoms with Gasteiger partial charge in [0.25, 0.3) is 0 Å². The van der Waals surface area contributed by atoms with E-state index in [9.17, 15) is 4.79 Å². The van der Waals surface area contributed by atoms with E-state index < -0.39 is 12.1 Å². The Labute approximate surface area is 101 Å². The minimum atomic E-state index is -0.736. The summed E-state index contributed by atoms with van der Waals surface area (Å²) in [6.07, 6.45) is 1.06. The highest BCUT2D eigenvalue weighted by Gasteiger charge is 2.12. The Morgan fingerprint density at radius 1 is 1.41 bits per heavy atom. The zero-order valence-corrected chi connectivity index (χ0v) is 10.0. The molecule has 0 aromatic heterocycles. The second kappa shape index (κ2) is 6.49.